The van der Waals surface area contributed by atoms with Crippen molar-refractivity contribution in [1.82, 2.24) is 15.1 Å². The highest BCUT2D eigenvalue weighted by Crippen LogP contribution is 2.30. The van der Waals surface area contributed by atoms with E-state index < -0.39 is 0 Å². The van der Waals surface area contributed by atoms with Gasteiger partial charge < -0.3 is 10.2 Å². The van der Waals surface area contributed by atoms with E-state index in [2.05, 4.69) is 35.9 Å². The van der Waals surface area contributed by atoms with Gasteiger partial charge in [-0.25, -0.2) is 0 Å². The molecule has 3 heteroatoms. The molecule has 2 saturated heterocycles. The normalized spacial score (nSPS) is 32.8. The Kier molecular flexibility index (Phi) is 3.88. The summed E-state index contributed by atoms with van der Waals surface area (Å²) in [5.74, 6) is 0. The highest BCUT2D eigenvalue weighted by atomic mass is 15.3. The molecule has 2 rings (SSSR count). The Hall–Kier alpha value is -0.120. The average Bonchev–Trinajstić information content (AvgIpc) is 2.29. The molecule has 0 aromatic rings. The second-order valence-electron chi connectivity index (χ2n) is 5.94. The van der Waals surface area contributed by atoms with Gasteiger partial charge in [-0.3, -0.25) is 4.90 Å². The molecule has 94 valence electrons. The molecule has 2 fully saturated rings. The summed E-state index contributed by atoms with van der Waals surface area (Å²) in [7, 11) is 0. The second kappa shape index (κ2) is 5.03. The summed E-state index contributed by atoms with van der Waals surface area (Å²) in [5, 5.41) is 3.53. The number of hydrogen-bond donors (Lipinski definition) is 1. The molecule has 0 bridgehead atoms. The maximum atomic E-state index is 3.53. The Morgan fingerprint density at radius 2 is 1.88 bits per heavy atom. The van der Waals surface area contributed by atoms with Gasteiger partial charge in [-0.2, -0.15) is 0 Å². The molecule has 1 unspecified atom stereocenters. The fourth-order valence-corrected chi connectivity index (χ4v) is 3.23. The molecule has 0 radical (unpaired) electrons. The van der Waals surface area contributed by atoms with Crippen LogP contribution in [0.4, 0.5) is 0 Å². The quantitative estimate of drug-likeness (QED) is 0.757. The molecule has 0 spiro atoms. The lowest BCUT2D eigenvalue weighted by molar-refractivity contribution is 0.0224. The number of nitrogens with zero attached hydrogens (tertiary/aromatic N) is 2. The van der Waals surface area contributed by atoms with Crippen LogP contribution in [0.3, 0.4) is 0 Å². The van der Waals surface area contributed by atoms with E-state index in [-0.39, 0.29) is 0 Å². The monoisotopic (exact) mass is 225 g/mol. The summed E-state index contributed by atoms with van der Waals surface area (Å²) >= 11 is 0. The third-order valence-corrected chi connectivity index (χ3v) is 4.37. The number of hydrogen-bond acceptors (Lipinski definition) is 3. The summed E-state index contributed by atoms with van der Waals surface area (Å²) in [6.07, 6.45) is 1.32. The van der Waals surface area contributed by atoms with E-state index in [1.165, 1.54) is 52.2 Å². The summed E-state index contributed by atoms with van der Waals surface area (Å²) in [5.41, 5.74) is 0.437. The zero-order valence-corrected chi connectivity index (χ0v) is 11.1. The Bertz CT molecular complexity index is 219. The number of rotatable bonds is 2. The lowest BCUT2D eigenvalue weighted by Gasteiger charge is -2.48. The molecular formula is C13H27N3. The fraction of sp³-hybridized carbons (Fsp3) is 1.00. The molecule has 1 N–H and O–H groups in total. The van der Waals surface area contributed by atoms with E-state index in [4.69, 9.17) is 0 Å². The molecule has 16 heavy (non-hydrogen) atoms. The van der Waals surface area contributed by atoms with Crippen LogP contribution in [0.1, 0.15) is 27.2 Å². The van der Waals surface area contributed by atoms with Crippen LogP contribution in [0.5, 0.6) is 0 Å². The zero-order valence-electron chi connectivity index (χ0n) is 11.1. The lowest BCUT2D eigenvalue weighted by Crippen LogP contribution is -2.59. The summed E-state index contributed by atoms with van der Waals surface area (Å²) in [4.78, 5) is 5.29. The van der Waals surface area contributed by atoms with Crippen molar-refractivity contribution in [3.05, 3.63) is 0 Å². The van der Waals surface area contributed by atoms with Crippen molar-refractivity contribution in [1.29, 1.82) is 0 Å². The van der Waals surface area contributed by atoms with Crippen LogP contribution in [0.15, 0.2) is 0 Å². The third-order valence-electron chi connectivity index (χ3n) is 4.37. The first-order valence-electron chi connectivity index (χ1n) is 6.80. The topological polar surface area (TPSA) is 18.5 Å². The van der Waals surface area contributed by atoms with E-state index in [9.17, 15) is 0 Å². The predicted octanol–water partition coefficient (Wildman–Crippen LogP) is 1.01. The minimum Gasteiger partial charge on any atom is -0.316 e. The molecule has 1 atom stereocenters. The summed E-state index contributed by atoms with van der Waals surface area (Å²) < 4.78 is 0. The molecular weight excluding hydrogens is 198 g/mol. The first-order chi connectivity index (χ1) is 7.63. The highest BCUT2D eigenvalue weighted by Gasteiger charge is 2.37. The van der Waals surface area contributed by atoms with Crippen LogP contribution in [0, 0.1) is 5.41 Å². The Morgan fingerprint density at radius 3 is 2.44 bits per heavy atom. The molecule has 0 aromatic carbocycles. The molecule has 0 amide bonds. The van der Waals surface area contributed by atoms with Gasteiger partial charge in [0.25, 0.3) is 0 Å². The third kappa shape index (κ3) is 2.58. The first-order valence-corrected chi connectivity index (χ1v) is 6.80. The van der Waals surface area contributed by atoms with Crippen molar-refractivity contribution in [2.75, 3.05) is 45.8 Å². The van der Waals surface area contributed by atoms with Crippen LogP contribution in [0.25, 0.3) is 0 Å². The van der Waals surface area contributed by atoms with E-state index in [0.29, 0.717) is 5.41 Å². The number of piperazine rings is 1. The molecule has 3 nitrogen and oxygen atoms in total. The van der Waals surface area contributed by atoms with Crippen LogP contribution < -0.4 is 5.32 Å². The van der Waals surface area contributed by atoms with Crippen molar-refractivity contribution in [3.63, 3.8) is 0 Å². The van der Waals surface area contributed by atoms with Crippen molar-refractivity contribution < 1.29 is 0 Å². The molecule has 2 heterocycles. The second-order valence-corrected chi connectivity index (χ2v) is 5.94. The number of nitrogens with one attached hydrogen (secondary N) is 1. The largest absolute Gasteiger partial charge is 0.316 e. The SMILES string of the molecule is CCN1CCN(C2CCNCC2(C)C)CC1. The summed E-state index contributed by atoms with van der Waals surface area (Å²) in [6, 6.07) is 0.785. The number of likely N-dealkylation sites (N-methyl/N-ethyl adjacent to an activating group) is 1. The highest BCUT2D eigenvalue weighted by molar-refractivity contribution is 4.93. The van der Waals surface area contributed by atoms with Gasteiger partial charge in [0.1, 0.15) is 0 Å². The molecule has 0 aromatic heterocycles. The minimum atomic E-state index is 0.437. The molecule has 2 aliphatic heterocycles. The van der Waals surface area contributed by atoms with Crippen LogP contribution in [0.2, 0.25) is 0 Å². The van der Waals surface area contributed by atoms with E-state index in [1.54, 1.807) is 0 Å². The van der Waals surface area contributed by atoms with Gasteiger partial charge in [0, 0.05) is 38.8 Å². The Balaban J connectivity index is 1.92. The first kappa shape index (κ1) is 12.3. The van der Waals surface area contributed by atoms with Crippen LogP contribution in [-0.4, -0.2) is 61.7 Å². The zero-order chi connectivity index (χ0) is 11.6. The standard InChI is InChI=1S/C13H27N3/c1-4-15-7-9-16(10-8-15)12-5-6-14-11-13(12,2)3/h12,14H,4-11H2,1-3H3. The number of piperidine rings is 1. The van der Waals surface area contributed by atoms with Gasteiger partial charge in [0.15, 0.2) is 0 Å². The van der Waals surface area contributed by atoms with Crippen molar-refractivity contribution in [2.24, 2.45) is 5.41 Å². The van der Waals surface area contributed by atoms with E-state index in [0.717, 1.165) is 6.04 Å². The molecule has 0 saturated carbocycles. The van der Waals surface area contributed by atoms with Gasteiger partial charge >= 0.3 is 0 Å². The average molecular weight is 225 g/mol. The van der Waals surface area contributed by atoms with Crippen molar-refractivity contribution in [2.45, 2.75) is 33.2 Å². The van der Waals surface area contributed by atoms with Crippen molar-refractivity contribution in [3.8, 4) is 0 Å². The maximum absolute atomic E-state index is 3.53. The van der Waals surface area contributed by atoms with Gasteiger partial charge in [0.2, 0.25) is 0 Å². The van der Waals surface area contributed by atoms with Gasteiger partial charge in [-0.1, -0.05) is 20.8 Å². The van der Waals surface area contributed by atoms with E-state index >= 15 is 0 Å². The maximum Gasteiger partial charge on any atom is 0.0172 e. The van der Waals surface area contributed by atoms with Gasteiger partial charge in [-0.15, -0.1) is 0 Å². The Labute approximate surface area is 100 Å². The van der Waals surface area contributed by atoms with Gasteiger partial charge in [0.05, 0.1) is 0 Å². The minimum absolute atomic E-state index is 0.437. The molecule has 2 aliphatic rings. The molecule has 0 aliphatic carbocycles. The predicted molar refractivity (Wildman–Crippen MR) is 68.7 cm³/mol. The van der Waals surface area contributed by atoms with Crippen molar-refractivity contribution >= 4 is 0 Å². The lowest BCUT2D eigenvalue weighted by atomic mass is 9.79. The van der Waals surface area contributed by atoms with Gasteiger partial charge in [-0.05, 0) is 24.9 Å². The smallest absolute Gasteiger partial charge is 0.0172 e. The Morgan fingerprint density at radius 1 is 1.19 bits per heavy atom. The summed E-state index contributed by atoms with van der Waals surface area (Å²) in [6.45, 7) is 15.7. The van der Waals surface area contributed by atoms with Crippen LogP contribution in [-0.2, 0) is 0 Å². The van der Waals surface area contributed by atoms with Crippen LogP contribution >= 0.6 is 0 Å². The van der Waals surface area contributed by atoms with E-state index in [1.807, 2.05) is 0 Å². The fourth-order valence-electron chi connectivity index (χ4n) is 3.23.